The van der Waals surface area contributed by atoms with Gasteiger partial charge >= 0.3 is 0 Å². The molecule has 2 aromatic carbocycles. The monoisotopic (exact) mass is 548 g/mol. The van der Waals surface area contributed by atoms with Crippen LogP contribution in [-0.2, 0) is 16.0 Å². The largest absolute Gasteiger partial charge is 0.491 e. The summed E-state index contributed by atoms with van der Waals surface area (Å²) in [5.41, 5.74) is 2.75. The van der Waals surface area contributed by atoms with Crippen molar-refractivity contribution < 1.29 is 28.5 Å². The third-order valence-electron chi connectivity index (χ3n) is 7.52. The van der Waals surface area contributed by atoms with Crippen molar-refractivity contribution in [1.29, 1.82) is 0 Å². The number of hydrogen-bond donors (Lipinski definition) is 0. The van der Waals surface area contributed by atoms with Gasteiger partial charge in [0.2, 0.25) is 12.7 Å². The SMILES string of the molecule is Cc1ccc(OC[C@@H]2c3ccsc3CCN2C(=O)CN(C[C@H]2CCCO2)C(=O)c2ccc3c(c2)OCO3)cc1. The van der Waals surface area contributed by atoms with Crippen LogP contribution in [0.1, 0.15) is 45.2 Å². The van der Waals surface area contributed by atoms with Gasteiger partial charge in [-0.1, -0.05) is 17.7 Å². The molecule has 0 aliphatic carbocycles. The van der Waals surface area contributed by atoms with Crippen molar-refractivity contribution in [3.05, 3.63) is 75.5 Å². The van der Waals surface area contributed by atoms with E-state index in [1.807, 2.05) is 36.1 Å². The van der Waals surface area contributed by atoms with Crippen molar-refractivity contribution in [1.82, 2.24) is 9.80 Å². The molecule has 1 fully saturated rings. The summed E-state index contributed by atoms with van der Waals surface area (Å²) < 4.78 is 22.9. The van der Waals surface area contributed by atoms with Crippen LogP contribution in [0.4, 0.5) is 0 Å². The van der Waals surface area contributed by atoms with E-state index < -0.39 is 0 Å². The Bertz CT molecular complexity index is 1330. The summed E-state index contributed by atoms with van der Waals surface area (Å²) in [5, 5.41) is 2.07. The van der Waals surface area contributed by atoms with Gasteiger partial charge in [0.15, 0.2) is 11.5 Å². The lowest BCUT2D eigenvalue weighted by Crippen LogP contribution is -2.49. The summed E-state index contributed by atoms with van der Waals surface area (Å²) in [6, 6.07) is 14.9. The molecule has 0 saturated carbocycles. The van der Waals surface area contributed by atoms with Crippen LogP contribution in [0.15, 0.2) is 53.9 Å². The number of carbonyl (C=O) groups is 2. The lowest BCUT2D eigenvalue weighted by atomic mass is 10.00. The zero-order chi connectivity index (χ0) is 26.8. The summed E-state index contributed by atoms with van der Waals surface area (Å²) in [6.07, 6.45) is 2.53. The lowest BCUT2D eigenvalue weighted by molar-refractivity contribution is -0.135. The minimum absolute atomic E-state index is 0.0341. The van der Waals surface area contributed by atoms with Gasteiger partial charge in [-0.3, -0.25) is 9.59 Å². The Hall–Kier alpha value is -3.56. The first kappa shape index (κ1) is 25.7. The maximum Gasteiger partial charge on any atom is 0.254 e. The molecule has 3 aliphatic heterocycles. The van der Waals surface area contributed by atoms with Crippen molar-refractivity contribution in [3.63, 3.8) is 0 Å². The highest BCUT2D eigenvalue weighted by atomic mass is 32.1. The smallest absolute Gasteiger partial charge is 0.254 e. The van der Waals surface area contributed by atoms with E-state index in [-0.39, 0.29) is 37.3 Å². The van der Waals surface area contributed by atoms with Crippen molar-refractivity contribution >= 4 is 23.2 Å². The van der Waals surface area contributed by atoms with Crippen molar-refractivity contribution in [3.8, 4) is 17.2 Å². The Morgan fingerprint density at radius 2 is 1.95 bits per heavy atom. The number of benzene rings is 2. The molecule has 8 nitrogen and oxygen atoms in total. The number of nitrogens with zero attached hydrogens (tertiary/aromatic N) is 2. The van der Waals surface area contributed by atoms with E-state index in [9.17, 15) is 9.59 Å². The van der Waals surface area contributed by atoms with Gasteiger partial charge in [-0.15, -0.1) is 11.3 Å². The third-order valence-corrected chi connectivity index (χ3v) is 8.52. The molecule has 0 bridgehead atoms. The zero-order valence-electron chi connectivity index (χ0n) is 22.0. The van der Waals surface area contributed by atoms with Gasteiger partial charge in [0.1, 0.15) is 18.9 Å². The molecule has 39 heavy (non-hydrogen) atoms. The summed E-state index contributed by atoms with van der Waals surface area (Å²) in [4.78, 5) is 32.4. The normalized spacial score (nSPS) is 19.6. The van der Waals surface area contributed by atoms with Gasteiger partial charge in [0.05, 0.1) is 12.1 Å². The quantitative estimate of drug-likeness (QED) is 0.409. The van der Waals surface area contributed by atoms with Crippen LogP contribution in [0.3, 0.4) is 0 Å². The fourth-order valence-corrected chi connectivity index (χ4v) is 6.33. The number of fused-ring (bicyclic) bond motifs is 2. The molecular formula is C30H32N2O6S. The molecule has 0 spiro atoms. The van der Waals surface area contributed by atoms with Crippen LogP contribution in [0, 0.1) is 6.92 Å². The predicted octanol–water partition coefficient (Wildman–Crippen LogP) is 4.61. The second-order valence-corrected chi connectivity index (χ2v) is 11.2. The van der Waals surface area contributed by atoms with Crippen LogP contribution in [-0.4, -0.2) is 67.4 Å². The second-order valence-electron chi connectivity index (χ2n) is 10.2. The Labute approximate surface area is 232 Å². The van der Waals surface area contributed by atoms with Crippen molar-refractivity contribution in [2.24, 2.45) is 0 Å². The van der Waals surface area contributed by atoms with Crippen molar-refractivity contribution in [2.75, 3.05) is 39.6 Å². The average Bonchev–Trinajstić information content (AvgIpc) is 3.73. The van der Waals surface area contributed by atoms with E-state index in [1.165, 1.54) is 4.88 Å². The first-order chi connectivity index (χ1) is 19.0. The molecule has 6 rings (SSSR count). The predicted molar refractivity (Wildman–Crippen MR) is 147 cm³/mol. The Morgan fingerprint density at radius 1 is 1.10 bits per heavy atom. The van der Waals surface area contributed by atoms with Gasteiger partial charge in [0.25, 0.3) is 5.91 Å². The number of aryl methyl sites for hydroxylation is 1. The maximum absolute atomic E-state index is 13.9. The molecule has 0 unspecified atom stereocenters. The molecule has 9 heteroatoms. The van der Waals surface area contributed by atoms with Gasteiger partial charge in [-0.05, 0) is 73.5 Å². The fraction of sp³-hybridized carbons (Fsp3) is 0.400. The van der Waals surface area contributed by atoms with Gasteiger partial charge in [0, 0.05) is 30.1 Å². The van der Waals surface area contributed by atoms with Crippen molar-refractivity contribution in [2.45, 2.75) is 38.3 Å². The lowest BCUT2D eigenvalue weighted by Gasteiger charge is -2.37. The number of amides is 2. The van der Waals surface area contributed by atoms with Gasteiger partial charge < -0.3 is 28.7 Å². The van der Waals surface area contributed by atoms with Gasteiger partial charge in [-0.2, -0.15) is 0 Å². The second kappa shape index (κ2) is 11.3. The number of ether oxygens (including phenoxy) is 4. The van der Waals surface area contributed by atoms with E-state index in [4.69, 9.17) is 18.9 Å². The highest BCUT2D eigenvalue weighted by Crippen LogP contribution is 2.35. The minimum Gasteiger partial charge on any atom is -0.491 e. The third kappa shape index (κ3) is 5.60. The molecule has 4 heterocycles. The topological polar surface area (TPSA) is 77.5 Å². The Kier molecular flexibility index (Phi) is 7.43. The van der Waals surface area contributed by atoms with Crippen LogP contribution in [0.2, 0.25) is 0 Å². The molecule has 3 aromatic rings. The number of carbonyl (C=O) groups excluding carboxylic acids is 2. The van der Waals surface area contributed by atoms with Crippen LogP contribution < -0.4 is 14.2 Å². The Morgan fingerprint density at radius 3 is 2.77 bits per heavy atom. The fourth-order valence-electron chi connectivity index (χ4n) is 5.40. The van der Waals surface area contributed by atoms with Crippen LogP contribution in [0.5, 0.6) is 17.2 Å². The number of hydrogen-bond acceptors (Lipinski definition) is 7. The maximum atomic E-state index is 13.9. The first-order valence-electron chi connectivity index (χ1n) is 13.4. The molecule has 0 radical (unpaired) electrons. The van der Waals surface area contributed by atoms with Crippen LogP contribution >= 0.6 is 11.3 Å². The van der Waals surface area contributed by atoms with E-state index in [0.717, 1.165) is 36.1 Å². The molecule has 2 amide bonds. The zero-order valence-corrected chi connectivity index (χ0v) is 22.8. The molecule has 204 valence electrons. The molecule has 3 aliphatic rings. The highest BCUT2D eigenvalue weighted by molar-refractivity contribution is 7.10. The molecule has 2 atom stereocenters. The molecule has 1 saturated heterocycles. The standard InChI is InChI=1S/C30H32N2O6S/c1-20-4-7-22(8-5-20)36-18-25-24-11-14-39-28(24)10-12-32(25)29(33)17-31(16-23-3-2-13-35-23)30(34)21-6-9-26-27(15-21)38-19-37-26/h4-9,11,14-15,23,25H,2-3,10,12-13,16-19H2,1H3/t23-,25-/m1/s1. The summed E-state index contributed by atoms with van der Waals surface area (Å²) in [6.45, 7) is 4.11. The first-order valence-corrected chi connectivity index (χ1v) is 14.3. The minimum atomic E-state index is -0.224. The van der Waals surface area contributed by atoms with E-state index >= 15 is 0 Å². The molecule has 1 aromatic heterocycles. The van der Waals surface area contributed by atoms with Gasteiger partial charge in [-0.25, -0.2) is 0 Å². The molecular weight excluding hydrogens is 516 g/mol. The summed E-state index contributed by atoms with van der Waals surface area (Å²) >= 11 is 1.72. The molecule has 0 N–H and O–H groups in total. The summed E-state index contributed by atoms with van der Waals surface area (Å²) in [7, 11) is 0. The highest BCUT2D eigenvalue weighted by Gasteiger charge is 2.35. The van der Waals surface area contributed by atoms with E-state index in [1.54, 1.807) is 34.4 Å². The number of thiophene rings is 1. The Balaban J connectivity index is 1.21. The van der Waals surface area contributed by atoms with Crippen LogP contribution in [0.25, 0.3) is 0 Å². The summed E-state index contributed by atoms with van der Waals surface area (Å²) in [5.74, 6) is 1.60. The van der Waals surface area contributed by atoms with E-state index in [0.29, 0.717) is 43.4 Å². The average molecular weight is 549 g/mol. The number of rotatable bonds is 8. The van der Waals surface area contributed by atoms with E-state index in [2.05, 4.69) is 11.4 Å².